The monoisotopic (exact) mass is 298 g/mol. The lowest BCUT2D eigenvalue weighted by atomic mass is 10.3. The Balaban J connectivity index is 1.90. The van der Waals surface area contributed by atoms with Gasteiger partial charge in [-0.1, -0.05) is 23.2 Å². The van der Waals surface area contributed by atoms with Gasteiger partial charge < -0.3 is 9.47 Å². The number of hydrogen-bond donors (Lipinski definition) is 0. The molecule has 0 amide bonds. The zero-order chi connectivity index (χ0) is 13.7. The van der Waals surface area contributed by atoms with Crippen molar-refractivity contribution in [2.24, 2.45) is 0 Å². The molecule has 0 saturated heterocycles. The van der Waals surface area contributed by atoms with E-state index in [2.05, 4.69) is 9.97 Å². The molecule has 0 radical (unpaired) electrons. The summed E-state index contributed by atoms with van der Waals surface area (Å²) >= 11 is 11.6. The topological polar surface area (TPSA) is 61.3 Å². The lowest BCUT2D eigenvalue weighted by molar-refractivity contribution is -0.137. The zero-order valence-corrected chi connectivity index (χ0v) is 11.1. The van der Waals surface area contributed by atoms with Crippen molar-refractivity contribution in [1.82, 2.24) is 9.97 Å². The van der Waals surface area contributed by atoms with E-state index in [4.69, 9.17) is 32.7 Å². The van der Waals surface area contributed by atoms with E-state index in [1.54, 1.807) is 18.2 Å². The van der Waals surface area contributed by atoms with Gasteiger partial charge in [-0.15, -0.1) is 0 Å². The summed E-state index contributed by atoms with van der Waals surface area (Å²) in [6.07, 6.45) is 2.93. The summed E-state index contributed by atoms with van der Waals surface area (Å²) in [6, 6.07) is 6.27. The second-order valence-corrected chi connectivity index (χ2v) is 4.21. The third-order valence-electron chi connectivity index (χ3n) is 1.99. The third-order valence-corrected chi connectivity index (χ3v) is 2.52. The third kappa shape index (κ3) is 4.08. The first-order valence-corrected chi connectivity index (χ1v) is 5.96. The number of esters is 1. The summed E-state index contributed by atoms with van der Waals surface area (Å²) in [4.78, 5) is 19.0. The Kier molecular flexibility index (Phi) is 4.54. The van der Waals surface area contributed by atoms with Crippen molar-refractivity contribution in [2.45, 2.75) is 0 Å². The van der Waals surface area contributed by atoms with Crippen LogP contribution < -0.4 is 9.47 Å². The molecule has 0 unspecified atom stereocenters. The Morgan fingerprint density at radius 2 is 1.95 bits per heavy atom. The van der Waals surface area contributed by atoms with Gasteiger partial charge in [-0.05, 0) is 24.3 Å². The maximum absolute atomic E-state index is 11.5. The maximum Gasteiger partial charge on any atom is 0.351 e. The fourth-order valence-electron chi connectivity index (χ4n) is 1.20. The van der Waals surface area contributed by atoms with Crippen molar-refractivity contribution >= 4 is 29.2 Å². The van der Waals surface area contributed by atoms with Gasteiger partial charge in [0, 0.05) is 17.4 Å². The molecule has 0 saturated carbocycles. The van der Waals surface area contributed by atoms with Crippen LogP contribution in [-0.2, 0) is 4.79 Å². The standard InChI is InChI=1S/C12H8Cl2N2O3/c13-8-2-3-10(9(14)6-8)18-7-11(17)19-12-15-4-1-5-16-12/h1-6H,7H2. The number of halogens is 2. The molecule has 98 valence electrons. The van der Waals surface area contributed by atoms with E-state index in [1.807, 2.05) is 0 Å². The molecular weight excluding hydrogens is 291 g/mol. The van der Waals surface area contributed by atoms with Crippen LogP contribution in [0.15, 0.2) is 36.7 Å². The van der Waals surface area contributed by atoms with Crippen LogP contribution in [0.2, 0.25) is 10.0 Å². The summed E-state index contributed by atoms with van der Waals surface area (Å²) in [7, 11) is 0. The second kappa shape index (κ2) is 6.36. The lowest BCUT2D eigenvalue weighted by Gasteiger charge is -2.07. The van der Waals surface area contributed by atoms with E-state index < -0.39 is 5.97 Å². The molecular formula is C12H8Cl2N2O3. The molecule has 1 aromatic heterocycles. The van der Waals surface area contributed by atoms with Crippen molar-refractivity contribution in [3.8, 4) is 11.8 Å². The zero-order valence-electron chi connectivity index (χ0n) is 9.55. The van der Waals surface area contributed by atoms with E-state index in [-0.39, 0.29) is 12.6 Å². The van der Waals surface area contributed by atoms with Crippen LogP contribution in [0.4, 0.5) is 0 Å². The van der Waals surface area contributed by atoms with Crippen LogP contribution in [0.5, 0.6) is 11.8 Å². The number of ether oxygens (including phenoxy) is 2. The molecule has 0 bridgehead atoms. The Bertz CT molecular complexity index is 578. The SMILES string of the molecule is O=C(COc1ccc(Cl)cc1Cl)Oc1ncccn1. The van der Waals surface area contributed by atoms with Crippen molar-refractivity contribution in [1.29, 1.82) is 0 Å². The molecule has 19 heavy (non-hydrogen) atoms. The van der Waals surface area contributed by atoms with E-state index in [1.165, 1.54) is 18.5 Å². The first kappa shape index (κ1) is 13.6. The highest BCUT2D eigenvalue weighted by atomic mass is 35.5. The van der Waals surface area contributed by atoms with Crippen molar-refractivity contribution in [2.75, 3.05) is 6.61 Å². The highest BCUT2D eigenvalue weighted by molar-refractivity contribution is 6.35. The molecule has 0 fully saturated rings. The van der Waals surface area contributed by atoms with Crippen LogP contribution in [-0.4, -0.2) is 22.5 Å². The second-order valence-electron chi connectivity index (χ2n) is 3.37. The Labute approximate surface area is 119 Å². The summed E-state index contributed by atoms with van der Waals surface area (Å²) in [5, 5.41) is 0.800. The van der Waals surface area contributed by atoms with Crippen LogP contribution in [0.25, 0.3) is 0 Å². The van der Waals surface area contributed by atoms with Gasteiger partial charge in [0.05, 0.1) is 5.02 Å². The summed E-state index contributed by atoms with van der Waals surface area (Å²) in [5.74, 6) is -0.283. The first-order valence-electron chi connectivity index (χ1n) is 5.21. The average molecular weight is 299 g/mol. The van der Waals surface area contributed by atoms with Crippen molar-refractivity contribution in [3.05, 3.63) is 46.7 Å². The summed E-state index contributed by atoms with van der Waals surface area (Å²) < 4.78 is 10.0. The van der Waals surface area contributed by atoms with Crippen LogP contribution in [0.1, 0.15) is 0 Å². The molecule has 0 aliphatic heterocycles. The van der Waals surface area contributed by atoms with Crippen molar-refractivity contribution < 1.29 is 14.3 Å². The van der Waals surface area contributed by atoms with Gasteiger partial charge in [-0.2, -0.15) is 0 Å². The summed E-state index contributed by atoms with van der Waals surface area (Å²) in [6.45, 7) is -0.306. The minimum Gasteiger partial charge on any atom is -0.480 e. The van der Waals surface area contributed by atoms with Gasteiger partial charge in [0.1, 0.15) is 5.75 Å². The highest BCUT2D eigenvalue weighted by Gasteiger charge is 2.09. The number of hydrogen-bond acceptors (Lipinski definition) is 5. The van der Waals surface area contributed by atoms with Crippen LogP contribution in [0.3, 0.4) is 0 Å². The predicted octanol–water partition coefficient (Wildman–Crippen LogP) is 2.77. The number of benzene rings is 1. The quantitative estimate of drug-likeness (QED) is 0.812. The molecule has 1 aromatic carbocycles. The molecule has 2 aromatic rings. The lowest BCUT2D eigenvalue weighted by Crippen LogP contribution is -2.18. The molecule has 1 heterocycles. The van der Waals surface area contributed by atoms with Gasteiger partial charge in [0.15, 0.2) is 6.61 Å². The van der Waals surface area contributed by atoms with Gasteiger partial charge in [-0.3, -0.25) is 0 Å². The fourth-order valence-corrected chi connectivity index (χ4v) is 1.66. The maximum atomic E-state index is 11.5. The smallest absolute Gasteiger partial charge is 0.351 e. The minimum atomic E-state index is -0.628. The average Bonchev–Trinajstić information content (AvgIpc) is 2.39. The molecule has 0 N–H and O–H groups in total. The van der Waals surface area contributed by atoms with Gasteiger partial charge in [-0.25, -0.2) is 14.8 Å². The minimum absolute atomic E-state index is 0.0293. The molecule has 5 nitrogen and oxygen atoms in total. The molecule has 7 heteroatoms. The van der Waals surface area contributed by atoms with E-state index in [0.29, 0.717) is 15.8 Å². The molecule has 0 atom stereocenters. The largest absolute Gasteiger partial charge is 0.480 e. The molecule has 0 aliphatic rings. The van der Waals surface area contributed by atoms with E-state index >= 15 is 0 Å². The Morgan fingerprint density at radius 3 is 2.63 bits per heavy atom. The van der Waals surface area contributed by atoms with E-state index in [9.17, 15) is 4.79 Å². The number of carbonyl (C=O) groups is 1. The molecule has 0 spiro atoms. The summed E-state index contributed by atoms with van der Waals surface area (Å²) in [5.41, 5.74) is 0. The van der Waals surface area contributed by atoms with Gasteiger partial charge in [0.2, 0.25) is 0 Å². The number of aromatic nitrogens is 2. The number of nitrogens with zero attached hydrogens (tertiary/aromatic N) is 2. The van der Waals surface area contributed by atoms with Gasteiger partial charge >= 0.3 is 12.0 Å². The van der Waals surface area contributed by atoms with Crippen LogP contribution in [0, 0.1) is 0 Å². The highest BCUT2D eigenvalue weighted by Crippen LogP contribution is 2.27. The Hall–Kier alpha value is -1.85. The number of carbonyl (C=O) groups excluding carboxylic acids is 1. The Morgan fingerprint density at radius 1 is 1.21 bits per heavy atom. The van der Waals surface area contributed by atoms with E-state index in [0.717, 1.165) is 0 Å². The van der Waals surface area contributed by atoms with Crippen LogP contribution >= 0.6 is 23.2 Å². The van der Waals surface area contributed by atoms with Gasteiger partial charge in [0.25, 0.3) is 0 Å². The predicted molar refractivity (Wildman–Crippen MR) is 69.6 cm³/mol. The number of rotatable bonds is 4. The normalized spacial score (nSPS) is 10.0. The van der Waals surface area contributed by atoms with Crippen molar-refractivity contribution in [3.63, 3.8) is 0 Å². The fraction of sp³-hybridized carbons (Fsp3) is 0.0833. The molecule has 2 rings (SSSR count). The first-order chi connectivity index (χ1) is 9.15. The molecule has 0 aliphatic carbocycles.